The minimum atomic E-state index is -0.499. The minimum absolute atomic E-state index is 0.143. The summed E-state index contributed by atoms with van der Waals surface area (Å²) >= 11 is 0. The Hall–Kier alpha value is -3.15. The Labute approximate surface area is 151 Å². The van der Waals surface area contributed by atoms with Gasteiger partial charge in [-0.05, 0) is 55.3 Å². The highest BCUT2D eigenvalue weighted by molar-refractivity contribution is 6.03. The van der Waals surface area contributed by atoms with Gasteiger partial charge < -0.3 is 15.4 Å². The number of hydrogen-bond donors (Lipinski definition) is 2. The molecule has 0 saturated heterocycles. The van der Waals surface area contributed by atoms with Crippen molar-refractivity contribution in [2.45, 2.75) is 13.8 Å². The molecular formula is C20H21FN2O3. The average molecular weight is 356 g/mol. The van der Waals surface area contributed by atoms with Gasteiger partial charge in [0.05, 0.1) is 7.11 Å². The molecule has 0 bridgehead atoms. The Morgan fingerprint density at radius 3 is 2.62 bits per heavy atom. The molecule has 0 unspecified atom stereocenters. The summed E-state index contributed by atoms with van der Waals surface area (Å²) in [6.07, 6.45) is 2.81. The van der Waals surface area contributed by atoms with Gasteiger partial charge in [-0.3, -0.25) is 9.59 Å². The van der Waals surface area contributed by atoms with Crippen molar-refractivity contribution in [3.05, 3.63) is 65.0 Å². The van der Waals surface area contributed by atoms with Crippen LogP contribution < -0.4 is 15.4 Å². The fourth-order valence-corrected chi connectivity index (χ4v) is 2.29. The smallest absolute Gasteiger partial charge is 0.251 e. The summed E-state index contributed by atoms with van der Waals surface area (Å²) in [5, 5.41) is 5.44. The fourth-order valence-electron chi connectivity index (χ4n) is 2.29. The van der Waals surface area contributed by atoms with E-state index < -0.39 is 5.82 Å². The van der Waals surface area contributed by atoms with Crippen LogP contribution in [0.15, 0.2) is 42.5 Å². The van der Waals surface area contributed by atoms with E-state index in [1.807, 2.05) is 13.8 Å². The maximum Gasteiger partial charge on any atom is 0.251 e. The highest BCUT2D eigenvalue weighted by Crippen LogP contribution is 2.19. The number of anilines is 1. The number of carbonyl (C=O) groups excluding carboxylic acids is 2. The fraction of sp³-hybridized carbons (Fsp3) is 0.200. The molecular weight excluding hydrogens is 335 g/mol. The molecule has 0 atom stereocenters. The number of amides is 2. The molecule has 2 aromatic rings. The standard InChI is InChI=1S/C20H21FN2O3/c1-4-22-20(25)15-8-5-13(2)17(12-15)23-19(24)10-7-14-6-9-18(26-3)16(21)11-14/h5-12H,4H2,1-3H3,(H,22,25)(H,23,24)/b10-7+. The van der Waals surface area contributed by atoms with E-state index in [1.165, 1.54) is 31.4 Å². The van der Waals surface area contributed by atoms with E-state index in [1.54, 1.807) is 24.3 Å². The zero-order chi connectivity index (χ0) is 19.1. The molecule has 136 valence electrons. The van der Waals surface area contributed by atoms with E-state index >= 15 is 0 Å². The average Bonchev–Trinajstić information content (AvgIpc) is 2.62. The van der Waals surface area contributed by atoms with Gasteiger partial charge in [-0.15, -0.1) is 0 Å². The van der Waals surface area contributed by atoms with Gasteiger partial charge in [-0.2, -0.15) is 0 Å². The molecule has 2 N–H and O–H groups in total. The first-order valence-corrected chi connectivity index (χ1v) is 8.16. The van der Waals surface area contributed by atoms with Crippen molar-refractivity contribution in [3.8, 4) is 5.75 Å². The van der Waals surface area contributed by atoms with E-state index in [2.05, 4.69) is 10.6 Å². The number of hydrogen-bond acceptors (Lipinski definition) is 3. The Kier molecular flexibility index (Phi) is 6.49. The Morgan fingerprint density at radius 1 is 1.19 bits per heavy atom. The summed E-state index contributed by atoms with van der Waals surface area (Å²) < 4.78 is 18.5. The largest absolute Gasteiger partial charge is 0.494 e. The summed E-state index contributed by atoms with van der Waals surface area (Å²) in [5.41, 5.74) is 2.37. The number of aryl methyl sites for hydroxylation is 1. The summed E-state index contributed by atoms with van der Waals surface area (Å²) in [5.74, 6) is -0.936. The van der Waals surface area contributed by atoms with Crippen molar-refractivity contribution in [1.82, 2.24) is 5.32 Å². The number of rotatable bonds is 6. The topological polar surface area (TPSA) is 67.4 Å². The van der Waals surface area contributed by atoms with Crippen LogP contribution in [-0.4, -0.2) is 25.5 Å². The number of methoxy groups -OCH3 is 1. The van der Waals surface area contributed by atoms with Crippen LogP contribution in [-0.2, 0) is 4.79 Å². The molecule has 0 aliphatic carbocycles. The van der Waals surface area contributed by atoms with Crippen molar-refractivity contribution < 1.29 is 18.7 Å². The summed E-state index contributed by atoms with van der Waals surface area (Å²) in [6.45, 7) is 4.19. The molecule has 0 fully saturated rings. The third-order valence-electron chi connectivity index (χ3n) is 3.70. The van der Waals surface area contributed by atoms with Crippen LogP contribution in [0.25, 0.3) is 6.08 Å². The maximum absolute atomic E-state index is 13.7. The predicted molar refractivity (Wildman–Crippen MR) is 99.8 cm³/mol. The molecule has 6 heteroatoms. The van der Waals surface area contributed by atoms with Crippen molar-refractivity contribution in [2.75, 3.05) is 19.0 Å². The van der Waals surface area contributed by atoms with Gasteiger partial charge in [0.15, 0.2) is 11.6 Å². The first-order chi connectivity index (χ1) is 12.4. The van der Waals surface area contributed by atoms with Crippen molar-refractivity contribution in [3.63, 3.8) is 0 Å². The van der Waals surface area contributed by atoms with Gasteiger partial charge >= 0.3 is 0 Å². The molecule has 0 aliphatic heterocycles. The number of benzene rings is 2. The van der Waals surface area contributed by atoms with E-state index in [4.69, 9.17) is 4.74 Å². The molecule has 5 nitrogen and oxygen atoms in total. The highest BCUT2D eigenvalue weighted by atomic mass is 19.1. The first kappa shape index (κ1) is 19.2. The lowest BCUT2D eigenvalue weighted by molar-refractivity contribution is -0.111. The third-order valence-corrected chi connectivity index (χ3v) is 3.70. The molecule has 26 heavy (non-hydrogen) atoms. The second kappa shape index (κ2) is 8.80. The highest BCUT2D eigenvalue weighted by Gasteiger charge is 2.09. The van der Waals surface area contributed by atoms with Gasteiger partial charge in [-0.1, -0.05) is 12.1 Å². The molecule has 2 rings (SSSR count). The quantitative estimate of drug-likeness (QED) is 0.778. The molecule has 2 amide bonds. The van der Waals surface area contributed by atoms with Gasteiger partial charge in [0.1, 0.15) is 0 Å². The van der Waals surface area contributed by atoms with Crippen LogP contribution in [0.3, 0.4) is 0 Å². The zero-order valence-electron chi connectivity index (χ0n) is 14.9. The van der Waals surface area contributed by atoms with Gasteiger partial charge in [-0.25, -0.2) is 4.39 Å². The second-order valence-electron chi connectivity index (χ2n) is 5.61. The lowest BCUT2D eigenvalue weighted by atomic mass is 10.1. The summed E-state index contributed by atoms with van der Waals surface area (Å²) in [4.78, 5) is 24.0. The van der Waals surface area contributed by atoms with E-state index in [9.17, 15) is 14.0 Å². The van der Waals surface area contributed by atoms with Crippen molar-refractivity contribution >= 4 is 23.6 Å². The summed E-state index contributed by atoms with van der Waals surface area (Å²) in [6, 6.07) is 9.51. The minimum Gasteiger partial charge on any atom is -0.494 e. The van der Waals surface area contributed by atoms with E-state index in [0.717, 1.165) is 5.56 Å². The van der Waals surface area contributed by atoms with E-state index in [-0.39, 0.29) is 17.6 Å². The number of ether oxygens (including phenoxy) is 1. The van der Waals surface area contributed by atoms with Crippen LogP contribution >= 0.6 is 0 Å². The third kappa shape index (κ3) is 4.92. The molecule has 0 heterocycles. The van der Waals surface area contributed by atoms with Crippen LogP contribution in [0.5, 0.6) is 5.75 Å². The Balaban J connectivity index is 2.10. The molecule has 0 saturated carbocycles. The maximum atomic E-state index is 13.7. The van der Waals surface area contributed by atoms with Crippen LogP contribution in [0, 0.1) is 12.7 Å². The number of nitrogens with one attached hydrogen (secondary N) is 2. The summed E-state index contributed by atoms with van der Waals surface area (Å²) in [7, 11) is 1.39. The normalized spacial score (nSPS) is 10.6. The van der Waals surface area contributed by atoms with Crippen LogP contribution in [0.1, 0.15) is 28.4 Å². The van der Waals surface area contributed by atoms with Gasteiger partial charge in [0.25, 0.3) is 5.91 Å². The first-order valence-electron chi connectivity index (χ1n) is 8.16. The molecule has 0 aliphatic rings. The van der Waals surface area contributed by atoms with Gasteiger partial charge in [0, 0.05) is 23.9 Å². The Morgan fingerprint density at radius 2 is 1.96 bits per heavy atom. The second-order valence-corrected chi connectivity index (χ2v) is 5.61. The van der Waals surface area contributed by atoms with Crippen LogP contribution in [0.4, 0.5) is 10.1 Å². The molecule has 2 aromatic carbocycles. The predicted octanol–water partition coefficient (Wildman–Crippen LogP) is 3.54. The number of halogens is 1. The SMILES string of the molecule is CCNC(=O)c1ccc(C)c(NC(=O)/C=C/c2ccc(OC)c(F)c2)c1. The lowest BCUT2D eigenvalue weighted by Crippen LogP contribution is -2.23. The Bertz CT molecular complexity index is 847. The van der Waals surface area contributed by atoms with E-state index in [0.29, 0.717) is 23.4 Å². The lowest BCUT2D eigenvalue weighted by Gasteiger charge is -2.09. The molecule has 0 radical (unpaired) electrons. The van der Waals surface area contributed by atoms with Crippen molar-refractivity contribution in [2.24, 2.45) is 0 Å². The van der Waals surface area contributed by atoms with Crippen molar-refractivity contribution in [1.29, 1.82) is 0 Å². The van der Waals surface area contributed by atoms with Gasteiger partial charge in [0.2, 0.25) is 5.91 Å². The monoisotopic (exact) mass is 356 g/mol. The zero-order valence-corrected chi connectivity index (χ0v) is 14.9. The molecule has 0 spiro atoms. The van der Waals surface area contributed by atoms with Crippen LogP contribution in [0.2, 0.25) is 0 Å². The molecule has 0 aromatic heterocycles. The number of carbonyl (C=O) groups is 2.